The maximum atomic E-state index is 2.41. The van der Waals surface area contributed by atoms with Crippen molar-refractivity contribution < 1.29 is 0 Å². The first kappa shape index (κ1) is 18.9. The minimum absolute atomic E-state index is 0.185. The molecular formula is C25H29P. The molecule has 0 aliphatic rings. The van der Waals surface area contributed by atoms with E-state index < -0.39 is 7.92 Å². The van der Waals surface area contributed by atoms with Gasteiger partial charge in [-0.2, -0.15) is 0 Å². The predicted octanol–water partition coefficient (Wildman–Crippen LogP) is 6.23. The van der Waals surface area contributed by atoms with E-state index in [1.165, 1.54) is 32.9 Å². The molecule has 1 heteroatoms. The van der Waals surface area contributed by atoms with Gasteiger partial charge in [-0.1, -0.05) is 93.6 Å². The molecule has 26 heavy (non-hydrogen) atoms. The fourth-order valence-electron chi connectivity index (χ4n) is 3.35. The van der Waals surface area contributed by atoms with E-state index in [4.69, 9.17) is 0 Å². The molecule has 0 bridgehead atoms. The molecule has 0 amide bonds. The molecule has 0 unspecified atom stereocenters. The number of rotatable bonds is 4. The van der Waals surface area contributed by atoms with E-state index in [0.717, 1.165) is 6.16 Å². The minimum Gasteiger partial charge on any atom is -0.0620 e. The van der Waals surface area contributed by atoms with Crippen molar-refractivity contribution in [2.75, 3.05) is 0 Å². The van der Waals surface area contributed by atoms with Gasteiger partial charge in [0.1, 0.15) is 0 Å². The Hall–Kier alpha value is -1.91. The molecule has 0 atom stereocenters. The zero-order valence-electron chi connectivity index (χ0n) is 16.6. The first-order valence-corrected chi connectivity index (χ1v) is 10.9. The molecule has 3 aromatic rings. The molecule has 134 valence electrons. The standard InChI is InChI=1S/C25H29P/c1-19-11-6-8-15-23(19)26(24-16-9-7-12-20(24)2)18-21-13-10-14-22(17-21)25(3,4)5/h6-17H,18H2,1-5H3. The van der Waals surface area contributed by atoms with Crippen molar-refractivity contribution in [2.45, 2.75) is 46.2 Å². The van der Waals surface area contributed by atoms with Crippen molar-refractivity contribution in [1.29, 1.82) is 0 Å². The van der Waals surface area contributed by atoms with Crippen LogP contribution in [0.15, 0.2) is 72.8 Å². The Balaban J connectivity index is 2.06. The molecule has 0 saturated heterocycles. The van der Waals surface area contributed by atoms with E-state index in [1.807, 2.05) is 0 Å². The molecule has 0 heterocycles. The predicted molar refractivity (Wildman–Crippen MR) is 117 cm³/mol. The first-order valence-electron chi connectivity index (χ1n) is 9.34. The van der Waals surface area contributed by atoms with Crippen LogP contribution in [-0.2, 0) is 11.6 Å². The quantitative estimate of drug-likeness (QED) is 0.484. The van der Waals surface area contributed by atoms with E-state index in [1.54, 1.807) is 0 Å². The average Bonchev–Trinajstić information content (AvgIpc) is 2.61. The fraction of sp³-hybridized carbons (Fsp3) is 0.280. The maximum absolute atomic E-state index is 2.41. The van der Waals surface area contributed by atoms with Crippen LogP contribution in [-0.4, -0.2) is 0 Å². The van der Waals surface area contributed by atoms with Gasteiger partial charge >= 0.3 is 0 Å². The molecule has 0 spiro atoms. The third-order valence-electron chi connectivity index (χ3n) is 4.95. The molecule has 0 aliphatic heterocycles. The van der Waals surface area contributed by atoms with Crippen LogP contribution in [0.1, 0.15) is 43.0 Å². The summed E-state index contributed by atoms with van der Waals surface area (Å²) in [6.45, 7) is 11.4. The Morgan fingerprint density at radius 2 is 1.23 bits per heavy atom. The minimum atomic E-state index is -0.417. The SMILES string of the molecule is Cc1ccccc1P(Cc1cccc(C(C)(C)C)c1)c1ccccc1C. The van der Waals surface area contributed by atoms with Gasteiger partial charge in [0.05, 0.1) is 0 Å². The topological polar surface area (TPSA) is 0 Å². The van der Waals surface area contributed by atoms with Gasteiger partial charge in [-0.25, -0.2) is 0 Å². The van der Waals surface area contributed by atoms with Crippen LogP contribution < -0.4 is 10.6 Å². The number of hydrogen-bond donors (Lipinski definition) is 0. The van der Waals surface area contributed by atoms with E-state index in [-0.39, 0.29) is 5.41 Å². The van der Waals surface area contributed by atoms with E-state index >= 15 is 0 Å². The fourth-order valence-corrected chi connectivity index (χ4v) is 6.05. The highest BCUT2D eigenvalue weighted by molar-refractivity contribution is 7.72. The van der Waals surface area contributed by atoms with Crippen molar-refractivity contribution in [2.24, 2.45) is 0 Å². The van der Waals surface area contributed by atoms with Gasteiger partial charge in [0.2, 0.25) is 0 Å². The Morgan fingerprint density at radius 1 is 0.692 bits per heavy atom. The first-order chi connectivity index (χ1) is 12.4. The van der Waals surface area contributed by atoms with E-state index in [9.17, 15) is 0 Å². The molecule has 0 aromatic heterocycles. The lowest BCUT2D eigenvalue weighted by molar-refractivity contribution is 0.589. The van der Waals surface area contributed by atoms with Gasteiger partial charge in [0.25, 0.3) is 0 Å². The van der Waals surface area contributed by atoms with Gasteiger partial charge in [-0.05, 0) is 60.0 Å². The zero-order valence-corrected chi connectivity index (χ0v) is 17.5. The maximum Gasteiger partial charge on any atom is 0.000773 e. The van der Waals surface area contributed by atoms with Crippen LogP contribution in [0, 0.1) is 13.8 Å². The zero-order chi connectivity index (χ0) is 18.7. The summed E-state index contributed by atoms with van der Waals surface area (Å²) >= 11 is 0. The normalized spacial score (nSPS) is 11.8. The average molecular weight is 360 g/mol. The second-order valence-electron chi connectivity index (χ2n) is 8.11. The summed E-state index contributed by atoms with van der Waals surface area (Å²) < 4.78 is 0. The monoisotopic (exact) mass is 360 g/mol. The second-order valence-corrected chi connectivity index (χ2v) is 10.2. The van der Waals surface area contributed by atoms with Crippen LogP contribution in [0.25, 0.3) is 0 Å². The number of benzene rings is 3. The highest BCUT2D eigenvalue weighted by Crippen LogP contribution is 2.40. The van der Waals surface area contributed by atoms with Crippen LogP contribution in [0.5, 0.6) is 0 Å². The van der Waals surface area contributed by atoms with Crippen LogP contribution in [0.3, 0.4) is 0 Å². The van der Waals surface area contributed by atoms with Crippen LogP contribution in [0.4, 0.5) is 0 Å². The van der Waals surface area contributed by atoms with E-state index in [0.29, 0.717) is 0 Å². The summed E-state index contributed by atoms with van der Waals surface area (Å²) in [5, 5.41) is 3.00. The molecule has 0 nitrogen and oxygen atoms in total. The Morgan fingerprint density at radius 3 is 1.73 bits per heavy atom. The molecule has 3 aromatic carbocycles. The van der Waals surface area contributed by atoms with Crippen molar-refractivity contribution in [3.05, 3.63) is 95.1 Å². The van der Waals surface area contributed by atoms with Gasteiger partial charge < -0.3 is 0 Å². The largest absolute Gasteiger partial charge is 0.0620 e. The van der Waals surface area contributed by atoms with Gasteiger partial charge in [-0.3, -0.25) is 0 Å². The molecule has 0 N–H and O–H groups in total. The lowest BCUT2D eigenvalue weighted by atomic mass is 9.86. The van der Waals surface area contributed by atoms with Crippen LogP contribution >= 0.6 is 7.92 Å². The molecule has 0 saturated carbocycles. The highest BCUT2D eigenvalue weighted by Gasteiger charge is 2.19. The summed E-state index contributed by atoms with van der Waals surface area (Å²) in [7, 11) is -0.417. The van der Waals surface area contributed by atoms with Gasteiger partial charge in [0.15, 0.2) is 0 Å². The summed E-state index contributed by atoms with van der Waals surface area (Å²) in [6.07, 6.45) is 1.09. The van der Waals surface area contributed by atoms with Crippen molar-refractivity contribution in [3.8, 4) is 0 Å². The van der Waals surface area contributed by atoms with Crippen LogP contribution in [0.2, 0.25) is 0 Å². The molecule has 3 rings (SSSR count). The Bertz CT molecular complexity index is 841. The van der Waals surface area contributed by atoms with Crippen molar-refractivity contribution in [3.63, 3.8) is 0 Å². The Labute approximate surface area is 160 Å². The third-order valence-corrected chi connectivity index (χ3v) is 7.79. The smallest absolute Gasteiger partial charge is 0.000773 e. The molecular weight excluding hydrogens is 331 g/mol. The van der Waals surface area contributed by atoms with Crippen molar-refractivity contribution >= 4 is 18.5 Å². The third kappa shape index (κ3) is 4.25. The van der Waals surface area contributed by atoms with Crippen molar-refractivity contribution in [1.82, 2.24) is 0 Å². The summed E-state index contributed by atoms with van der Waals surface area (Å²) in [5.74, 6) is 0. The summed E-state index contributed by atoms with van der Waals surface area (Å²) in [5.41, 5.74) is 5.83. The number of hydrogen-bond acceptors (Lipinski definition) is 0. The second kappa shape index (κ2) is 7.77. The number of aryl methyl sites for hydroxylation is 2. The highest BCUT2D eigenvalue weighted by atomic mass is 31.1. The van der Waals surface area contributed by atoms with Gasteiger partial charge in [0, 0.05) is 6.16 Å². The summed E-state index contributed by atoms with van der Waals surface area (Å²) in [4.78, 5) is 0. The summed E-state index contributed by atoms with van der Waals surface area (Å²) in [6, 6.07) is 27.0. The van der Waals surface area contributed by atoms with E-state index in [2.05, 4.69) is 107 Å². The lowest BCUT2D eigenvalue weighted by Gasteiger charge is -2.24. The molecule has 0 fully saturated rings. The Kier molecular flexibility index (Phi) is 5.64. The lowest BCUT2D eigenvalue weighted by Crippen LogP contribution is -2.18. The van der Waals surface area contributed by atoms with Gasteiger partial charge in [-0.15, -0.1) is 0 Å². The molecule has 0 aliphatic carbocycles. The molecule has 0 radical (unpaired) electrons.